The number of hydrogen-bond donors (Lipinski definition) is 1. The molecule has 1 N–H and O–H groups in total. The largest absolute Gasteiger partial charge is 0.317 e. The Labute approximate surface area is 77.3 Å². The Kier molecular flexibility index (Phi) is 4.80. The van der Waals surface area contributed by atoms with Crippen molar-refractivity contribution in [3.63, 3.8) is 0 Å². The monoisotopic (exact) mass is 172 g/mol. The number of rotatable bonds is 4. The zero-order valence-electron chi connectivity index (χ0n) is 9.44. The first-order chi connectivity index (χ1) is 5.38. The molecule has 0 saturated carbocycles. The van der Waals surface area contributed by atoms with Crippen LogP contribution in [0.4, 0.5) is 0 Å². The number of hydrogen-bond acceptors (Lipinski definition) is 2. The molecule has 0 aliphatic heterocycles. The van der Waals surface area contributed by atoms with Crippen LogP contribution in [0.3, 0.4) is 0 Å². The number of nitrogens with one attached hydrogen (secondary N) is 1. The minimum atomic E-state index is 0.299. The highest BCUT2D eigenvalue weighted by Gasteiger charge is 2.16. The van der Waals surface area contributed by atoms with Gasteiger partial charge in [-0.2, -0.15) is 0 Å². The van der Waals surface area contributed by atoms with Gasteiger partial charge in [-0.15, -0.1) is 0 Å². The van der Waals surface area contributed by atoms with Gasteiger partial charge in [0.1, 0.15) is 0 Å². The molecule has 0 fully saturated rings. The summed E-state index contributed by atoms with van der Waals surface area (Å²) in [5, 5.41) is 3.25. The van der Waals surface area contributed by atoms with Crippen LogP contribution < -0.4 is 5.32 Å². The van der Waals surface area contributed by atoms with Gasteiger partial charge < -0.3 is 10.2 Å². The molecule has 74 valence electrons. The first kappa shape index (κ1) is 11.9. The zero-order valence-corrected chi connectivity index (χ0v) is 9.44. The van der Waals surface area contributed by atoms with E-state index in [1.807, 2.05) is 7.05 Å². The second kappa shape index (κ2) is 4.83. The van der Waals surface area contributed by atoms with Crippen molar-refractivity contribution in [1.82, 2.24) is 10.2 Å². The van der Waals surface area contributed by atoms with E-state index in [-0.39, 0.29) is 0 Å². The summed E-state index contributed by atoms with van der Waals surface area (Å²) in [5.74, 6) is 0. The molecular formula is C10H24N2. The lowest BCUT2D eigenvalue weighted by molar-refractivity contribution is 0.169. The van der Waals surface area contributed by atoms with Crippen molar-refractivity contribution in [2.75, 3.05) is 20.6 Å². The average molecular weight is 172 g/mol. The van der Waals surface area contributed by atoms with Gasteiger partial charge in [0.2, 0.25) is 0 Å². The molecule has 0 bridgehead atoms. The summed E-state index contributed by atoms with van der Waals surface area (Å²) >= 11 is 0. The Balaban J connectivity index is 3.64. The molecule has 0 heterocycles. The van der Waals surface area contributed by atoms with Crippen LogP contribution >= 0.6 is 0 Å². The molecule has 0 saturated heterocycles. The minimum Gasteiger partial charge on any atom is -0.317 e. The van der Waals surface area contributed by atoms with Crippen LogP contribution in [0.15, 0.2) is 0 Å². The lowest BCUT2D eigenvalue weighted by Crippen LogP contribution is -2.40. The molecule has 0 amide bonds. The highest BCUT2D eigenvalue weighted by Crippen LogP contribution is 2.10. The molecule has 2 nitrogen and oxygen atoms in total. The fraction of sp³-hybridized carbons (Fsp3) is 1.00. The third kappa shape index (κ3) is 4.73. The normalized spacial score (nSPS) is 15.2. The molecule has 0 aromatic carbocycles. The van der Waals surface area contributed by atoms with Gasteiger partial charge in [-0.25, -0.2) is 0 Å². The topological polar surface area (TPSA) is 15.3 Å². The van der Waals surface area contributed by atoms with Crippen LogP contribution in [0.25, 0.3) is 0 Å². The van der Waals surface area contributed by atoms with Crippen LogP contribution in [0.5, 0.6) is 0 Å². The second-order valence-electron chi connectivity index (χ2n) is 4.57. The molecule has 1 unspecified atom stereocenters. The van der Waals surface area contributed by atoms with Gasteiger partial charge in [0.15, 0.2) is 0 Å². The highest BCUT2D eigenvalue weighted by molar-refractivity contribution is 4.73. The van der Waals surface area contributed by atoms with Crippen LogP contribution in [0.2, 0.25) is 0 Å². The molecule has 0 aliphatic carbocycles. The maximum Gasteiger partial charge on any atom is 0.0122 e. The summed E-state index contributed by atoms with van der Waals surface area (Å²) in [6.07, 6.45) is 1.21. The summed E-state index contributed by atoms with van der Waals surface area (Å²) in [6.45, 7) is 10.1. The molecule has 12 heavy (non-hydrogen) atoms. The van der Waals surface area contributed by atoms with Crippen molar-refractivity contribution >= 4 is 0 Å². The van der Waals surface area contributed by atoms with Gasteiger partial charge in [-0.3, -0.25) is 0 Å². The molecule has 0 aromatic heterocycles. The van der Waals surface area contributed by atoms with Crippen molar-refractivity contribution in [3.05, 3.63) is 0 Å². The Morgan fingerprint density at radius 3 is 2.17 bits per heavy atom. The summed E-state index contributed by atoms with van der Waals surface area (Å²) in [4.78, 5) is 2.39. The van der Waals surface area contributed by atoms with E-state index in [2.05, 4.69) is 45.0 Å². The number of nitrogens with zero attached hydrogens (tertiary/aromatic N) is 1. The van der Waals surface area contributed by atoms with E-state index in [1.165, 1.54) is 6.42 Å². The lowest BCUT2D eigenvalue weighted by Gasteiger charge is -2.32. The van der Waals surface area contributed by atoms with E-state index in [4.69, 9.17) is 0 Å². The molecule has 0 aromatic rings. The molecule has 0 aliphatic rings. The molecule has 0 rings (SSSR count). The fourth-order valence-electron chi connectivity index (χ4n) is 0.867. The van der Waals surface area contributed by atoms with Gasteiger partial charge in [0.25, 0.3) is 0 Å². The van der Waals surface area contributed by atoms with Crippen LogP contribution in [0.1, 0.15) is 34.1 Å². The van der Waals surface area contributed by atoms with Crippen LogP contribution in [0, 0.1) is 0 Å². The Morgan fingerprint density at radius 2 is 1.83 bits per heavy atom. The average Bonchev–Trinajstić information content (AvgIpc) is 1.97. The molecule has 1 atom stereocenters. The standard InChI is InChI=1S/C10H24N2/c1-9(11-5)7-8-12(6)10(2,3)4/h9,11H,7-8H2,1-6H3. The maximum atomic E-state index is 3.25. The Hall–Kier alpha value is -0.0800. The van der Waals surface area contributed by atoms with Crippen LogP contribution in [-0.4, -0.2) is 37.1 Å². The molecule has 0 spiro atoms. The van der Waals surface area contributed by atoms with Crippen LogP contribution in [-0.2, 0) is 0 Å². The smallest absolute Gasteiger partial charge is 0.0122 e. The van der Waals surface area contributed by atoms with E-state index in [1.54, 1.807) is 0 Å². The van der Waals surface area contributed by atoms with E-state index in [9.17, 15) is 0 Å². The lowest BCUT2D eigenvalue weighted by atomic mass is 10.1. The summed E-state index contributed by atoms with van der Waals surface area (Å²) in [7, 11) is 4.20. The highest BCUT2D eigenvalue weighted by atomic mass is 15.2. The van der Waals surface area contributed by atoms with Gasteiger partial charge in [0, 0.05) is 11.6 Å². The van der Waals surface area contributed by atoms with Crippen molar-refractivity contribution in [3.8, 4) is 0 Å². The van der Waals surface area contributed by atoms with Gasteiger partial charge in [0.05, 0.1) is 0 Å². The SMILES string of the molecule is CNC(C)CCN(C)C(C)(C)C. The van der Waals surface area contributed by atoms with Crippen molar-refractivity contribution in [2.24, 2.45) is 0 Å². The van der Waals surface area contributed by atoms with Crippen molar-refractivity contribution in [2.45, 2.75) is 45.7 Å². The molecular weight excluding hydrogens is 148 g/mol. The zero-order chi connectivity index (χ0) is 9.78. The molecule has 0 radical (unpaired) electrons. The Bertz CT molecular complexity index is 115. The fourth-order valence-corrected chi connectivity index (χ4v) is 0.867. The first-order valence-electron chi connectivity index (χ1n) is 4.76. The van der Waals surface area contributed by atoms with Gasteiger partial charge >= 0.3 is 0 Å². The maximum absolute atomic E-state index is 3.25. The van der Waals surface area contributed by atoms with Crippen molar-refractivity contribution in [1.29, 1.82) is 0 Å². The predicted octanol–water partition coefficient (Wildman–Crippen LogP) is 1.71. The van der Waals surface area contributed by atoms with Gasteiger partial charge in [-0.05, 0) is 54.8 Å². The van der Waals surface area contributed by atoms with E-state index in [0.29, 0.717) is 11.6 Å². The third-order valence-corrected chi connectivity index (χ3v) is 2.54. The minimum absolute atomic E-state index is 0.299. The predicted molar refractivity (Wildman–Crippen MR) is 55.5 cm³/mol. The second-order valence-corrected chi connectivity index (χ2v) is 4.57. The quantitative estimate of drug-likeness (QED) is 0.694. The van der Waals surface area contributed by atoms with E-state index >= 15 is 0 Å². The van der Waals surface area contributed by atoms with Gasteiger partial charge in [-0.1, -0.05) is 0 Å². The first-order valence-corrected chi connectivity index (χ1v) is 4.76. The van der Waals surface area contributed by atoms with Crippen molar-refractivity contribution < 1.29 is 0 Å². The Morgan fingerprint density at radius 1 is 1.33 bits per heavy atom. The summed E-state index contributed by atoms with van der Waals surface area (Å²) in [6, 6.07) is 0.620. The summed E-state index contributed by atoms with van der Waals surface area (Å²) < 4.78 is 0. The summed E-state index contributed by atoms with van der Waals surface area (Å²) in [5.41, 5.74) is 0.299. The van der Waals surface area contributed by atoms with E-state index in [0.717, 1.165) is 6.54 Å². The van der Waals surface area contributed by atoms with E-state index < -0.39 is 0 Å². The third-order valence-electron chi connectivity index (χ3n) is 2.54. The molecule has 2 heteroatoms.